The SMILES string of the molecule is C(=Cc1ncn[nH]1)c1ccccc1. The first-order valence-electron chi connectivity index (χ1n) is 4.03. The van der Waals surface area contributed by atoms with Crippen molar-refractivity contribution in [1.82, 2.24) is 15.2 Å². The molecule has 0 aliphatic carbocycles. The van der Waals surface area contributed by atoms with Crippen molar-refractivity contribution >= 4 is 12.2 Å². The molecule has 0 spiro atoms. The van der Waals surface area contributed by atoms with Gasteiger partial charge < -0.3 is 0 Å². The molecule has 0 bridgehead atoms. The van der Waals surface area contributed by atoms with Gasteiger partial charge in [0.2, 0.25) is 0 Å². The molecule has 1 aromatic carbocycles. The highest BCUT2D eigenvalue weighted by Crippen LogP contribution is 2.03. The maximum absolute atomic E-state index is 3.98. The summed E-state index contributed by atoms with van der Waals surface area (Å²) in [5.41, 5.74) is 1.15. The molecular formula is C10H9N3. The monoisotopic (exact) mass is 171 g/mol. The zero-order valence-electron chi connectivity index (χ0n) is 7.01. The summed E-state index contributed by atoms with van der Waals surface area (Å²) in [6, 6.07) is 10.1. The van der Waals surface area contributed by atoms with Crippen molar-refractivity contribution in [3.8, 4) is 0 Å². The Balaban J connectivity index is 2.15. The van der Waals surface area contributed by atoms with Gasteiger partial charge in [-0.2, -0.15) is 5.10 Å². The quantitative estimate of drug-likeness (QED) is 0.750. The summed E-state index contributed by atoms with van der Waals surface area (Å²) < 4.78 is 0. The van der Waals surface area contributed by atoms with Gasteiger partial charge in [0.05, 0.1) is 0 Å². The maximum atomic E-state index is 3.98. The molecule has 13 heavy (non-hydrogen) atoms. The standard InChI is InChI=1S/C10H9N3/c1-2-4-9(5-3-1)6-7-10-11-8-12-13-10/h1-8H,(H,11,12,13). The van der Waals surface area contributed by atoms with E-state index < -0.39 is 0 Å². The van der Waals surface area contributed by atoms with Gasteiger partial charge in [0, 0.05) is 0 Å². The van der Waals surface area contributed by atoms with Crippen LogP contribution >= 0.6 is 0 Å². The third kappa shape index (κ3) is 2.02. The number of hydrogen-bond donors (Lipinski definition) is 1. The number of rotatable bonds is 2. The van der Waals surface area contributed by atoms with Crippen LogP contribution in [-0.2, 0) is 0 Å². The predicted molar refractivity (Wildman–Crippen MR) is 51.8 cm³/mol. The molecule has 3 nitrogen and oxygen atoms in total. The molecular weight excluding hydrogens is 162 g/mol. The van der Waals surface area contributed by atoms with E-state index in [1.807, 2.05) is 42.5 Å². The van der Waals surface area contributed by atoms with Crippen LogP contribution in [0.4, 0.5) is 0 Å². The topological polar surface area (TPSA) is 41.6 Å². The van der Waals surface area contributed by atoms with Gasteiger partial charge in [0.15, 0.2) is 0 Å². The molecule has 0 radical (unpaired) electrons. The second kappa shape index (κ2) is 3.67. The molecule has 2 aromatic rings. The summed E-state index contributed by atoms with van der Waals surface area (Å²) in [4.78, 5) is 3.98. The Morgan fingerprint density at radius 3 is 2.62 bits per heavy atom. The summed E-state index contributed by atoms with van der Waals surface area (Å²) in [5.74, 6) is 0.767. The number of benzene rings is 1. The number of nitrogens with zero attached hydrogens (tertiary/aromatic N) is 2. The average Bonchev–Trinajstić information content (AvgIpc) is 2.69. The lowest BCUT2D eigenvalue weighted by Gasteiger charge is -1.88. The smallest absolute Gasteiger partial charge is 0.148 e. The van der Waals surface area contributed by atoms with E-state index in [-0.39, 0.29) is 0 Å². The van der Waals surface area contributed by atoms with Gasteiger partial charge in [-0.3, -0.25) is 5.10 Å². The molecule has 0 amide bonds. The number of aromatic amines is 1. The first kappa shape index (κ1) is 7.73. The second-order valence-corrected chi connectivity index (χ2v) is 2.61. The van der Waals surface area contributed by atoms with Crippen molar-refractivity contribution in [3.05, 3.63) is 48.0 Å². The predicted octanol–water partition coefficient (Wildman–Crippen LogP) is 1.98. The minimum Gasteiger partial charge on any atom is -0.260 e. The Bertz CT molecular complexity index is 376. The van der Waals surface area contributed by atoms with Crippen LogP contribution in [0.15, 0.2) is 36.7 Å². The molecule has 0 unspecified atom stereocenters. The molecule has 0 atom stereocenters. The molecule has 64 valence electrons. The Morgan fingerprint density at radius 1 is 1.08 bits per heavy atom. The third-order valence-electron chi connectivity index (χ3n) is 1.67. The largest absolute Gasteiger partial charge is 0.260 e. The van der Waals surface area contributed by atoms with E-state index >= 15 is 0 Å². The zero-order valence-corrected chi connectivity index (χ0v) is 7.01. The van der Waals surface area contributed by atoms with Crippen LogP contribution in [0.2, 0.25) is 0 Å². The normalized spacial score (nSPS) is 10.8. The minimum atomic E-state index is 0.767. The summed E-state index contributed by atoms with van der Waals surface area (Å²) in [6.07, 6.45) is 5.37. The molecule has 1 N–H and O–H groups in total. The van der Waals surface area contributed by atoms with Gasteiger partial charge in [0.25, 0.3) is 0 Å². The van der Waals surface area contributed by atoms with Crippen LogP contribution < -0.4 is 0 Å². The fraction of sp³-hybridized carbons (Fsp3) is 0. The van der Waals surface area contributed by atoms with Crippen LogP contribution in [0.5, 0.6) is 0 Å². The van der Waals surface area contributed by atoms with E-state index in [2.05, 4.69) is 15.2 Å². The van der Waals surface area contributed by atoms with Crippen molar-refractivity contribution in [2.24, 2.45) is 0 Å². The average molecular weight is 171 g/mol. The molecule has 1 heterocycles. The van der Waals surface area contributed by atoms with Crippen molar-refractivity contribution in [1.29, 1.82) is 0 Å². The van der Waals surface area contributed by atoms with Gasteiger partial charge in [-0.25, -0.2) is 4.98 Å². The van der Waals surface area contributed by atoms with Crippen LogP contribution in [0.25, 0.3) is 12.2 Å². The molecule has 2 rings (SSSR count). The van der Waals surface area contributed by atoms with Crippen molar-refractivity contribution in [3.63, 3.8) is 0 Å². The van der Waals surface area contributed by atoms with E-state index in [0.29, 0.717) is 0 Å². The molecule has 0 saturated carbocycles. The molecule has 0 aliphatic heterocycles. The summed E-state index contributed by atoms with van der Waals surface area (Å²) in [6.45, 7) is 0. The van der Waals surface area contributed by atoms with E-state index in [1.165, 1.54) is 6.33 Å². The highest BCUT2D eigenvalue weighted by Gasteiger charge is 1.87. The van der Waals surface area contributed by atoms with Crippen LogP contribution in [0.3, 0.4) is 0 Å². The molecule has 0 saturated heterocycles. The van der Waals surface area contributed by atoms with Gasteiger partial charge in [-0.05, 0) is 11.6 Å². The Morgan fingerprint density at radius 2 is 1.92 bits per heavy atom. The third-order valence-corrected chi connectivity index (χ3v) is 1.67. The lowest BCUT2D eigenvalue weighted by Crippen LogP contribution is -1.74. The van der Waals surface area contributed by atoms with Crippen molar-refractivity contribution in [2.75, 3.05) is 0 Å². The van der Waals surface area contributed by atoms with Crippen LogP contribution in [0, 0.1) is 0 Å². The fourth-order valence-electron chi connectivity index (χ4n) is 1.03. The van der Waals surface area contributed by atoms with E-state index in [4.69, 9.17) is 0 Å². The fourth-order valence-corrected chi connectivity index (χ4v) is 1.03. The van der Waals surface area contributed by atoms with E-state index in [9.17, 15) is 0 Å². The maximum Gasteiger partial charge on any atom is 0.148 e. The van der Waals surface area contributed by atoms with Crippen molar-refractivity contribution < 1.29 is 0 Å². The van der Waals surface area contributed by atoms with Crippen LogP contribution in [-0.4, -0.2) is 15.2 Å². The Labute approximate surface area is 76.1 Å². The summed E-state index contributed by atoms with van der Waals surface area (Å²) >= 11 is 0. The van der Waals surface area contributed by atoms with Gasteiger partial charge in [-0.1, -0.05) is 36.4 Å². The number of aromatic nitrogens is 3. The summed E-state index contributed by atoms with van der Waals surface area (Å²) in [5, 5.41) is 6.51. The Hall–Kier alpha value is -1.90. The first-order valence-corrected chi connectivity index (χ1v) is 4.03. The molecule has 1 aromatic heterocycles. The lowest BCUT2D eigenvalue weighted by atomic mass is 10.2. The van der Waals surface area contributed by atoms with Gasteiger partial charge in [-0.15, -0.1) is 0 Å². The molecule has 3 heteroatoms. The van der Waals surface area contributed by atoms with E-state index in [0.717, 1.165) is 11.4 Å². The number of hydrogen-bond acceptors (Lipinski definition) is 2. The molecule has 0 fully saturated rings. The second-order valence-electron chi connectivity index (χ2n) is 2.61. The lowest BCUT2D eigenvalue weighted by molar-refractivity contribution is 1.08. The van der Waals surface area contributed by atoms with Gasteiger partial charge in [0.1, 0.15) is 12.2 Å². The van der Waals surface area contributed by atoms with Crippen molar-refractivity contribution in [2.45, 2.75) is 0 Å². The minimum absolute atomic E-state index is 0.767. The Kier molecular flexibility index (Phi) is 2.18. The number of nitrogens with one attached hydrogen (secondary N) is 1. The van der Waals surface area contributed by atoms with E-state index in [1.54, 1.807) is 0 Å². The highest BCUT2D eigenvalue weighted by molar-refractivity contribution is 5.66. The first-order chi connectivity index (χ1) is 6.45. The van der Waals surface area contributed by atoms with Crippen LogP contribution in [0.1, 0.15) is 11.4 Å². The highest BCUT2D eigenvalue weighted by atomic mass is 15.2. The number of H-pyrrole nitrogens is 1. The summed E-state index contributed by atoms with van der Waals surface area (Å²) in [7, 11) is 0. The molecule has 0 aliphatic rings. The zero-order chi connectivity index (χ0) is 8.93. The van der Waals surface area contributed by atoms with Gasteiger partial charge >= 0.3 is 0 Å².